The molecule has 0 radical (unpaired) electrons. The van der Waals surface area contributed by atoms with Crippen LogP contribution >= 0.6 is 11.8 Å². The molecule has 2 N–H and O–H groups in total. The fourth-order valence-electron chi connectivity index (χ4n) is 2.34. The Morgan fingerprint density at radius 2 is 1.96 bits per heavy atom. The second-order valence-electron chi connectivity index (χ2n) is 5.78. The van der Waals surface area contributed by atoms with E-state index < -0.39 is 10.0 Å². The summed E-state index contributed by atoms with van der Waals surface area (Å²) >= 11 is 1.55. The Balaban J connectivity index is 1.94. The molecule has 7 heteroatoms. The first-order chi connectivity index (χ1) is 11.4. The van der Waals surface area contributed by atoms with E-state index in [0.29, 0.717) is 17.1 Å². The van der Waals surface area contributed by atoms with E-state index in [1.54, 1.807) is 36.0 Å². The van der Waals surface area contributed by atoms with Gasteiger partial charge in [-0.25, -0.2) is 8.42 Å². The molecule has 0 bridgehead atoms. The number of aryl methyl sites for hydroxylation is 1. The predicted octanol–water partition coefficient (Wildman–Crippen LogP) is 3.48. The third-order valence-electron chi connectivity index (χ3n) is 3.85. The van der Waals surface area contributed by atoms with Crippen molar-refractivity contribution in [2.45, 2.75) is 23.6 Å². The van der Waals surface area contributed by atoms with Crippen LogP contribution in [0.1, 0.15) is 12.5 Å². The van der Waals surface area contributed by atoms with Crippen LogP contribution in [0.4, 0.5) is 11.4 Å². The third kappa shape index (κ3) is 3.42. The van der Waals surface area contributed by atoms with Gasteiger partial charge in [-0.15, -0.1) is 11.8 Å². The number of amides is 1. The number of hydrogen-bond acceptors (Lipinski definition) is 4. The molecule has 1 aliphatic rings. The summed E-state index contributed by atoms with van der Waals surface area (Å²) in [6.45, 7) is 3.69. The van der Waals surface area contributed by atoms with Crippen LogP contribution < -0.4 is 10.0 Å². The van der Waals surface area contributed by atoms with Crippen LogP contribution in [0.3, 0.4) is 0 Å². The zero-order valence-electron chi connectivity index (χ0n) is 13.4. The molecule has 0 saturated heterocycles. The van der Waals surface area contributed by atoms with E-state index in [4.69, 9.17) is 0 Å². The summed E-state index contributed by atoms with van der Waals surface area (Å²) in [5.74, 6) is 0.460. The maximum atomic E-state index is 12.6. The van der Waals surface area contributed by atoms with Crippen LogP contribution in [0, 0.1) is 12.8 Å². The molecule has 2 aromatic carbocycles. The largest absolute Gasteiger partial charge is 0.325 e. The number of benzene rings is 2. The van der Waals surface area contributed by atoms with Crippen LogP contribution in [0.5, 0.6) is 0 Å². The van der Waals surface area contributed by atoms with Crippen molar-refractivity contribution in [1.29, 1.82) is 0 Å². The molecule has 1 unspecified atom stereocenters. The minimum absolute atomic E-state index is 0.0948. The van der Waals surface area contributed by atoms with Crippen LogP contribution in [0.25, 0.3) is 0 Å². The molecule has 1 heterocycles. The van der Waals surface area contributed by atoms with Crippen molar-refractivity contribution in [3.8, 4) is 0 Å². The summed E-state index contributed by atoms with van der Waals surface area (Å²) in [7, 11) is -3.72. The van der Waals surface area contributed by atoms with Gasteiger partial charge in [0.2, 0.25) is 5.91 Å². The zero-order chi connectivity index (χ0) is 17.3. The molecule has 0 saturated carbocycles. The van der Waals surface area contributed by atoms with E-state index in [0.717, 1.165) is 10.5 Å². The summed E-state index contributed by atoms with van der Waals surface area (Å²) in [5, 5.41) is 2.81. The summed E-state index contributed by atoms with van der Waals surface area (Å²) in [5.41, 5.74) is 1.93. The Hall–Kier alpha value is -1.99. The molecular weight excluding hydrogens is 344 g/mol. The second kappa shape index (κ2) is 6.49. The van der Waals surface area contributed by atoms with Crippen molar-refractivity contribution in [2.24, 2.45) is 5.92 Å². The number of fused-ring (bicyclic) bond motifs is 1. The van der Waals surface area contributed by atoms with Crippen LogP contribution in [-0.2, 0) is 14.8 Å². The lowest BCUT2D eigenvalue weighted by Gasteiger charge is -2.13. The number of nitrogens with one attached hydrogen (secondary N) is 2. The van der Waals surface area contributed by atoms with Gasteiger partial charge in [0, 0.05) is 16.6 Å². The molecule has 5 nitrogen and oxygen atoms in total. The Kier molecular flexibility index (Phi) is 4.56. The minimum Gasteiger partial charge on any atom is -0.325 e. The monoisotopic (exact) mass is 362 g/mol. The topological polar surface area (TPSA) is 75.3 Å². The number of sulfonamides is 1. The third-order valence-corrected chi connectivity index (χ3v) is 6.54. The Bertz CT molecular complexity index is 894. The van der Waals surface area contributed by atoms with Crippen molar-refractivity contribution in [2.75, 3.05) is 15.8 Å². The van der Waals surface area contributed by atoms with Gasteiger partial charge in [0.15, 0.2) is 0 Å². The average Bonchev–Trinajstić information content (AvgIpc) is 2.68. The summed E-state index contributed by atoms with van der Waals surface area (Å²) in [4.78, 5) is 13.0. The predicted molar refractivity (Wildman–Crippen MR) is 96.9 cm³/mol. The quantitative estimate of drug-likeness (QED) is 0.877. The highest BCUT2D eigenvalue weighted by molar-refractivity contribution is 7.99. The standard InChI is InChI=1S/C17H18N2O3S2/c1-11-5-3-4-6-14(11)19-24(21,22)13-7-8-16-15(9-13)18-17(20)12(2)10-23-16/h3-9,12,19H,10H2,1-2H3,(H,18,20). The van der Waals surface area contributed by atoms with E-state index in [-0.39, 0.29) is 16.7 Å². The minimum atomic E-state index is -3.72. The first kappa shape index (κ1) is 16.9. The number of carbonyl (C=O) groups is 1. The van der Waals surface area contributed by atoms with Gasteiger partial charge in [0.05, 0.1) is 16.3 Å². The maximum Gasteiger partial charge on any atom is 0.261 e. The van der Waals surface area contributed by atoms with Crippen LogP contribution in [0.2, 0.25) is 0 Å². The van der Waals surface area contributed by atoms with Gasteiger partial charge in [0.25, 0.3) is 10.0 Å². The summed E-state index contributed by atoms with van der Waals surface area (Å²) < 4.78 is 27.9. The lowest BCUT2D eigenvalue weighted by molar-refractivity contribution is -0.118. The highest BCUT2D eigenvalue weighted by Gasteiger charge is 2.23. The molecule has 3 rings (SSSR count). The first-order valence-electron chi connectivity index (χ1n) is 7.53. The second-order valence-corrected chi connectivity index (χ2v) is 8.52. The van der Waals surface area contributed by atoms with Gasteiger partial charge in [-0.1, -0.05) is 25.1 Å². The maximum absolute atomic E-state index is 12.6. The normalized spacial score (nSPS) is 17.6. The number of hydrogen-bond donors (Lipinski definition) is 2. The Morgan fingerprint density at radius 3 is 2.71 bits per heavy atom. The molecule has 1 aliphatic heterocycles. The van der Waals surface area contributed by atoms with Gasteiger partial charge >= 0.3 is 0 Å². The van der Waals surface area contributed by atoms with Crippen molar-refractivity contribution >= 4 is 39.1 Å². The van der Waals surface area contributed by atoms with E-state index >= 15 is 0 Å². The lowest BCUT2D eigenvalue weighted by atomic mass is 10.2. The zero-order valence-corrected chi connectivity index (χ0v) is 15.0. The molecule has 0 aromatic heterocycles. The van der Waals surface area contributed by atoms with Gasteiger partial charge in [0.1, 0.15) is 0 Å². The van der Waals surface area contributed by atoms with Crippen LogP contribution in [-0.4, -0.2) is 20.1 Å². The SMILES string of the molecule is Cc1ccccc1NS(=O)(=O)c1ccc2c(c1)NC(=O)C(C)CS2. The molecule has 24 heavy (non-hydrogen) atoms. The number of thioether (sulfide) groups is 1. The fraction of sp³-hybridized carbons (Fsp3) is 0.235. The Labute approximate surface area is 145 Å². The van der Waals surface area contributed by atoms with Crippen molar-refractivity contribution in [3.63, 3.8) is 0 Å². The number of carbonyl (C=O) groups excluding carboxylic acids is 1. The highest BCUT2D eigenvalue weighted by atomic mass is 32.2. The van der Waals surface area contributed by atoms with Gasteiger partial charge in [-0.2, -0.15) is 0 Å². The average molecular weight is 362 g/mol. The van der Waals surface area contributed by atoms with Crippen molar-refractivity contribution in [1.82, 2.24) is 0 Å². The van der Waals surface area contributed by atoms with E-state index in [2.05, 4.69) is 10.0 Å². The van der Waals surface area contributed by atoms with Gasteiger partial charge in [-0.05, 0) is 36.8 Å². The summed E-state index contributed by atoms with van der Waals surface area (Å²) in [6.07, 6.45) is 0. The number of rotatable bonds is 3. The molecule has 1 atom stereocenters. The smallest absolute Gasteiger partial charge is 0.261 e. The molecule has 1 amide bonds. The Morgan fingerprint density at radius 1 is 1.21 bits per heavy atom. The molecule has 2 aromatic rings. The van der Waals surface area contributed by atoms with E-state index in [1.807, 2.05) is 26.0 Å². The number of para-hydroxylation sites is 1. The fourth-order valence-corrected chi connectivity index (χ4v) is 4.50. The molecule has 0 aliphatic carbocycles. The first-order valence-corrected chi connectivity index (χ1v) is 10.00. The van der Waals surface area contributed by atoms with Crippen molar-refractivity contribution in [3.05, 3.63) is 48.0 Å². The van der Waals surface area contributed by atoms with Gasteiger partial charge in [-0.3, -0.25) is 9.52 Å². The highest BCUT2D eigenvalue weighted by Crippen LogP contribution is 2.34. The van der Waals surface area contributed by atoms with Crippen LogP contribution in [0.15, 0.2) is 52.3 Å². The van der Waals surface area contributed by atoms with Gasteiger partial charge < -0.3 is 5.32 Å². The summed E-state index contributed by atoms with van der Waals surface area (Å²) in [6, 6.07) is 12.0. The lowest BCUT2D eigenvalue weighted by Crippen LogP contribution is -2.20. The molecule has 126 valence electrons. The van der Waals surface area contributed by atoms with E-state index in [1.165, 1.54) is 6.07 Å². The van der Waals surface area contributed by atoms with E-state index in [9.17, 15) is 13.2 Å². The van der Waals surface area contributed by atoms with Crippen molar-refractivity contribution < 1.29 is 13.2 Å². The molecule has 0 fully saturated rings. The number of anilines is 2. The molecule has 0 spiro atoms. The molecular formula is C17H18N2O3S2.